The number of thioether (sulfide) groups is 1. The van der Waals surface area contributed by atoms with Gasteiger partial charge in [-0.25, -0.2) is 4.98 Å². The van der Waals surface area contributed by atoms with Crippen molar-refractivity contribution in [2.75, 3.05) is 18.2 Å². The maximum atomic E-state index is 12.5. The number of benzene rings is 2. The van der Waals surface area contributed by atoms with Crippen molar-refractivity contribution in [2.45, 2.75) is 12.2 Å². The van der Waals surface area contributed by atoms with Gasteiger partial charge in [-0.05, 0) is 36.8 Å². The topological polar surface area (TPSA) is 69.0 Å². The second-order valence-electron chi connectivity index (χ2n) is 6.74. The van der Waals surface area contributed by atoms with E-state index in [4.69, 9.17) is 14.8 Å². The van der Waals surface area contributed by atoms with Gasteiger partial charge in [-0.3, -0.25) is 4.79 Å². The van der Waals surface area contributed by atoms with E-state index >= 15 is 0 Å². The first-order chi connectivity index (χ1) is 14.1. The number of ether oxygens (including phenoxy) is 1. The van der Waals surface area contributed by atoms with Crippen LogP contribution in [0.1, 0.15) is 22.1 Å². The summed E-state index contributed by atoms with van der Waals surface area (Å²) in [5, 5.41) is 8.56. The summed E-state index contributed by atoms with van der Waals surface area (Å²) < 4.78 is 8.15. The van der Waals surface area contributed by atoms with Crippen LogP contribution < -0.4 is 10.1 Å². The Morgan fingerprint density at radius 2 is 1.97 bits per heavy atom. The molecule has 0 fully saturated rings. The quantitative estimate of drug-likeness (QED) is 0.524. The van der Waals surface area contributed by atoms with Gasteiger partial charge < -0.3 is 10.1 Å². The van der Waals surface area contributed by atoms with Crippen LogP contribution in [0.25, 0.3) is 15.3 Å². The van der Waals surface area contributed by atoms with Gasteiger partial charge in [0.15, 0.2) is 0 Å². The standard InChI is InChI=1S/C21H18N4O2S2/c1-12-18-19(13-7-9-14(27-2)10-8-13)28-11-17(26)23-20(18)25(24-12)21-22-15-5-3-4-6-16(15)29-21/h3-10,19H,11H2,1-2H3,(H,23,26)/t19-/m1/s1. The van der Waals surface area contributed by atoms with E-state index in [2.05, 4.69) is 5.32 Å². The number of aromatic nitrogens is 3. The van der Waals surface area contributed by atoms with Gasteiger partial charge >= 0.3 is 0 Å². The first-order valence-electron chi connectivity index (χ1n) is 9.15. The van der Waals surface area contributed by atoms with Crippen molar-refractivity contribution in [1.82, 2.24) is 14.8 Å². The fourth-order valence-corrected chi connectivity index (χ4v) is 5.63. The lowest BCUT2D eigenvalue weighted by atomic mass is 10.0. The van der Waals surface area contributed by atoms with Gasteiger partial charge in [0.2, 0.25) is 11.0 Å². The number of fused-ring (bicyclic) bond motifs is 2. The Morgan fingerprint density at radius 3 is 2.72 bits per heavy atom. The molecule has 2 aromatic carbocycles. The molecule has 0 bridgehead atoms. The van der Waals surface area contributed by atoms with E-state index in [9.17, 15) is 4.79 Å². The van der Waals surface area contributed by atoms with E-state index in [1.807, 2.05) is 55.5 Å². The van der Waals surface area contributed by atoms with E-state index in [1.54, 1.807) is 34.9 Å². The Hall–Kier alpha value is -2.84. The van der Waals surface area contributed by atoms with Crippen molar-refractivity contribution < 1.29 is 9.53 Å². The largest absolute Gasteiger partial charge is 0.497 e. The van der Waals surface area contributed by atoms with Crippen molar-refractivity contribution in [3.63, 3.8) is 0 Å². The summed E-state index contributed by atoms with van der Waals surface area (Å²) in [6.07, 6.45) is 0. The second kappa shape index (κ2) is 7.20. The Morgan fingerprint density at radius 1 is 1.17 bits per heavy atom. The fourth-order valence-electron chi connectivity index (χ4n) is 3.51. The van der Waals surface area contributed by atoms with Gasteiger partial charge in [0.1, 0.15) is 11.6 Å². The van der Waals surface area contributed by atoms with Gasteiger partial charge in [-0.1, -0.05) is 35.6 Å². The minimum absolute atomic E-state index is 0.00187. The summed E-state index contributed by atoms with van der Waals surface area (Å²) >= 11 is 3.17. The molecule has 5 rings (SSSR count). The molecule has 0 unspecified atom stereocenters. The monoisotopic (exact) mass is 422 g/mol. The van der Waals surface area contributed by atoms with Crippen molar-refractivity contribution in [3.8, 4) is 10.9 Å². The van der Waals surface area contributed by atoms with Gasteiger partial charge in [0.05, 0.1) is 34.0 Å². The zero-order valence-corrected chi connectivity index (χ0v) is 17.5. The van der Waals surface area contributed by atoms with E-state index in [1.165, 1.54) is 0 Å². The van der Waals surface area contributed by atoms with Crippen LogP contribution in [0.15, 0.2) is 48.5 Å². The van der Waals surface area contributed by atoms with Gasteiger partial charge in [-0.2, -0.15) is 9.78 Å². The van der Waals surface area contributed by atoms with Crippen LogP contribution in [0.4, 0.5) is 5.82 Å². The van der Waals surface area contributed by atoms with Crippen LogP contribution in [0.5, 0.6) is 5.75 Å². The molecular formula is C21H18N4O2S2. The summed E-state index contributed by atoms with van der Waals surface area (Å²) in [7, 11) is 1.66. The van der Waals surface area contributed by atoms with Crippen LogP contribution in [-0.4, -0.2) is 33.5 Å². The van der Waals surface area contributed by atoms with Gasteiger partial charge in [0, 0.05) is 5.56 Å². The third-order valence-electron chi connectivity index (χ3n) is 4.89. The number of hydrogen-bond donors (Lipinski definition) is 1. The van der Waals surface area contributed by atoms with Gasteiger partial charge in [0.25, 0.3) is 0 Å². The van der Waals surface area contributed by atoms with E-state index in [-0.39, 0.29) is 11.2 Å². The first-order valence-corrected chi connectivity index (χ1v) is 11.0. The summed E-state index contributed by atoms with van der Waals surface area (Å²) in [6.45, 7) is 1.98. The number of hydrogen-bond acceptors (Lipinski definition) is 6. The number of carbonyl (C=O) groups is 1. The number of carbonyl (C=O) groups excluding carboxylic acids is 1. The highest BCUT2D eigenvalue weighted by atomic mass is 32.2. The molecule has 29 heavy (non-hydrogen) atoms. The number of nitrogens with zero attached hydrogens (tertiary/aromatic N) is 3. The molecule has 6 nitrogen and oxygen atoms in total. The van der Waals surface area contributed by atoms with E-state index < -0.39 is 0 Å². The predicted octanol–water partition coefficient (Wildman–Crippen LogP) is 4.57. The van der Waals surface area contributed by atoms with Crippen LogP contribution >= 0.6 is 23.1 Å². The van der Waals surface area contributed by atoms with Gasteiger partial charge in [-0.15, -0.1) is 11.8 Å². The molecule has 8 heteroatoms. The highest BCUT2D eigenvalue weighted by Crippen LogP contribution is 2.44. The minimum Gasteiger partial charge on any atom is -0.497 e. The average molecular weight is 423 g/mol. The average Bonchev–Trinajstić information content (AvgIpc) is 3.25. The number of thiazole rings is 1. The molecule has 4 aromatic rings. The lowest BCUT2D eigenvalue weighted by molar-refractivity contribution is -0.113. The molecule has 0 saturated carbocycles. The summed E-state index contributed by atoms with van der Waals surface area (Å²) in [6, 6.07) is 16.0. The fraction of sp³-hybridized carbons (Fsp3) is 0.190. The zero-order valence-electron chi connectivity index (χ0n) is 15.9. The number of rotatable bonds is 3. The molecule has 1 amide bonds. The van der Waals surface area contributed by atoms with Crippen LogP contribution in [0, 0.1) is 6.92 Å². The number of methoxy groups -OCH3 is 1. The number of aryl methyl sites for hydroxylation is 1. The minimum atomic E-state index is -0.0328. The predicted molar refractivity (Wildman–Crippen MR) is 117 cm³/mol. The lowest BCUT2D eigenvalue weighted by Gasteiger charge is -2.15. The normalized spacial score (nSPS) is 16.3. The Bertz CT molecular complexity index is 1180. The maximum Gasteiger partial charge on any atom is 0.235 e. The van der Waals surface area contributed by atoms with E-state index in [0.29, 0.717) is 11.6 Å². The number of nitrogens with one attached hydrogen (secondary N) is 1. The molecular weight excluding hydrogens is 404 g/mol. The van der Waals surface area contributed by atoms with Crippen LogP contribution in [0.3, 0.4) is 0 Å². The summed E-state index contributed by atoms with van der Waals surface area (Å²) in [5.41, 5.74) is 3.94. The molecule has 0 radical (unpaired) electrons. The molecule has 0 aliphatic carbocycles. The Kier molecular flexibility index (Phi) is 4.52. The third-order valence-corrected chi connectivity index (χ3v) is 7.17. The maximum absolute atomic E-state index is 12.5. The smallest absolute Gasteiger partial charge is 0.235 e. The van der Waals surface area contributed by atoms with Crippen LogP contribution in [0.2, 0.25) is 0 Å². The number of amides is 1. The summed E-state index contributed by atoms with van der Waals surface area (Å²) in [4.78, 5) is 17.2. The molecule has 3 heterocycles. The third kappa shape index (κ3) is 3.18. The van der Waals surface area contributed by atoms with Crippen molar-refractivity contribution in [2.24, 2.45) is 0 Å². The highest BCUT2D eigenvalue weighted by Gasteiger charge is 2.31. The second-order valence-corrected chi connectivity index (χ2v) is 8.84. The number of anilines is 1. The van der Waals surface area contributed by atoms with Crippen molar-refractivity contribution in [3.05, 3.63) is 65.4 Å². The van der Waals surface area contributed by atoms with Crippen molar-refractivity contribution in [1.29, 1.82) is 0 Å². The lowest BCUT2D eigenvalue weighted by Crippen LogP contribution is -2.15. The van der Waals surface area contributed by atoms with Crippen molar-refractivity contribution >= 4 is 45.0 Å². The first kappa shape index (κ1) is 18.2. The molecule has 146 valence electrons. The molecule has 1 N–H and O–H groups in total. The number of para-hydroxylation sites is 1. The molecule has 1 aliphatic rings. The Balaban J connectivity index is 1.66. The molecule has 0 spiro atoms. The molecule has 1 atom stereocenters. The van der Waals surface area contributed by atoms with E-state index in [0.717, 1.165) is 37.9 Å². The van der Waals surface area contributed by atoms with Crippen LogP contribution in [-0.2, 0) is 4.79 Å². The summed E-state index contributed by atoms with van der Waals surface area (Å²) in [5.74, 6) is 1.86. The SMILES string of the molecule is COc1ccc([C@H]2SCC(=O)Nc3c2c(C)nn3-c2nc3ccccc3s2)cc1. The molecule has 2 aromatic heterocycles. The zero-order chi connectivity index (χ0) is 20.0. The molecule has 0 saturated heterocycles. The molecule has 1 aliphatic heterocycles. The highest BCUT2D eigenvalue weighted by molar-refractivity contribution is 8.00. The Labute approximate surface area is 175 Å².